The Morgan fingerprint density at radius 1 is 1.35 bits per heavy atom. The lowest BCUT2D eigenvalue weighted by Crippen LogP contribution is -2.00. The summed E-state index contributed by atoms with van der Waals surface area (Å²) in [5.41, 5.74) is 2.20. The number of allylic oxidation sites excluding steroid dienone is 1. The minimum Gasteiger partial charge on any atom is -0.469 e. The van der Waals surface area contributed by atoms with E-state index in [0.29, 0.717) is 6.54 Å². The number of rotatable bonds is 6. The highest BCUT2D eigenvalue weighted by Gasteiger charge is 2.16. The van der Waals surface area contributed by atoms with Crippen LogP contribution in [0, 0.1) is 6.92 Å². The van der Waals surface area contributed by atoms with Gasteiger partial charge in [-0.1, -0.05) is 45.9 Å². The first-order valence-corrected chi connectivity index (χ1v) is 8.92. The molecule has 4 nitrogen and oxygen atoms in total. The lowest BCUT2D eigenvalue weighted by Gasteiger charge is -2.07. The van der Waals surface area contributed by atoms with Gasteiger partial charge in [0.25, 0.3) is 0 Å². The first-order valence-electron chi connectivity index (χ1n) is 7.15. The molecule has 0 bridgehead atoms. The molecule has 0 unspecified atom stereocenters. The van der Waals surface area contributed by atoms with Crippen LogP contribution >= 0.6 is 27.7 Å². The molecule has 1 aromatic carbocycles. The summed E-state index contributed by atoms with van der Waals surface area (Å²) in [5, 5.41) is 9.56. The highest BCUT2D eigenvalue weighted by Crippen LogP contribution is 2.29. The van der Waals surface area contributed by atoms with Crippen molar-refractivity contribution in [1.82, 2.24) is 14.8 Å². The SMILES string of the molecule is C=CCn1c(SCc2cccc(Br)c2)nnc1-c1ccoc1C. The summed E-state index contributed by atoms with van der Waals surface area (Å²) in [6, 6.07) is 10.2. The summed E-state index contributed by atoms with van der Waals surface area (Å²) in [5.74, 6) is 2.48. The highest BCUT2D eigenvalue weighted by atomic mass is 79.9. The fraction of sp³-hybridized carbons (Fsp3) is 0.176. The van der Waals surface area contributed by atoms with Crippen molar-refractivity contribution >= 4 is 27.7 Å². The Kier molecular flexibility index (Phi) is 5.03. The lowest BCUT2D eigenvalue weighted by atomic mass is 10.2. The summed E-state index contributed by atoms with van der Waals surface area (Å²) in [7, 11) is 0. The Labute approximate surface area is 147 Å². The third-order valence-corrected chi connectivity index (χ3v) is 4.92. The number of aromatic nitrogens is 3. The van der Waals surface area contributed by atoms with Crippen LogP contribution in [0.25, 0.3) is 11.4 Å². The van der Waals surface area contributed by atoms with Gasteiger partial charge in [0.1, 0.15) is 5.76 Å². The van der Waals surface area contributed by atoms with Crippen molar-refractivity contribution in [2.45, 2.75) is 24.4 Å². The second-order valence-electron chi connectivity index (χ2n) is 5.01. The molecule has 0 aliphatic heterocycles. The molecule has 0 amide bonds. The Bertz CT molecular complexity index is 825. The zero-order chi connectivity index (χ0) is 16.2. The summed E-state index contributed by atoms with van der Waals surface area (Å²) in [6.07, 6.45) is 3.53. The van der Waals surface area contributed by atoms with Crippen molar-refractivity contribution in [3.8, 4) is 11.4 Å². The third-order valence-electron chi connectivity index (χ3n) is 3.39. The predicted octanol–water partition coefficient (Wildman–Crippen LogP) is 5.09. The maximum atomic E-state index is 5.38. The van der Waals surface area contributed by atoms with E-state index in [1.54, 1.807) is 18.0 Å². The van der Waals surface area contributed by atoms with Crippen LogP contribution in [0.3, 0.4) is 0 Å². The van der Waals surface area contributed by atoms with Crippen molar-refractivity contribution < 1.29 is 4.42 Å². The van der Waals surface area contributed by atoms with Crippen LogP contribution in [0.4, 0.5) is 0 Å². The minimum atomic E-state index is 0.660. The van der Waals surface area contributed by atoms with E-state index in [0.717, 1.165) is 32.5 Å². The molecule has 3 aromatic rings. The number of hydrogen-bond donors (Lipinski definition) is 0. The third kappa shape index (κ3) is 3.59. The number of hydrogen-bond acceptors (Lipinski definition) is 4. The molecule has 6 heteroatoms. The Hall–Kier alpha value is -1.79. The van der Waals surface area contributed by atoms with Gasteiger partial charge in [-0.25, -0.2) is 0 Å². The van der Waals surface area contributed by atoms with E-state index in [-0.39, 0.29) is 0 Å². The Morgan fingerprint density at radius 2 is 2.22 bits per heavy atom. The molecular formula is C17H16BrN3OS. The molecule has 0 radical (unpaired) electrons. The van der Waals surface area contributed by atoms with E-state index < -0.39 is 0 Å². The van der Waals surface area contributed by atoms with Crippen LogP contribution in [-0.2, 0) is 12.3 Å². The maximum Gasteiger partial charge on any atom is 0.192 e. The number of furan rings is 1. The topological polar surface area (TPSA) is 43.9 Å². The van der Waals surface area contributed by atoms with Crippen molar-refractivity contribution in [3.05, 3.63) is 65.0 Å². The fourth-order valence-corrected chi connectivity index (χ4v) is 3.62. The van der Waals surface area contributed by atoms with Crippen LogP contribution < -0.4 is 0 Å². The van der Waals surface area contributed by atoms with Crippen LogP contribution in [0.5, 0.6) is 0 Å². The molecular weight excluding hydrogens is 374 g/mol. The monoisotopic (exact) mass is 389 g/mol. The van der Waals surface area contributed by atoms with Crippen molar-refractivity contribution in [2.24, 2.45) is 0 Å². The highest BCUT2D eigenvalue weighted by molar-refractivity contribution is 9.10. The van der Waals surface area contributed by atoms with Gasteiger partial charge >= 0.3 is 0 Å². The van der Waals surface area contributed by atoms with E-state index in [4.69, 9.17) is 4.42 Å². The zero-order valence-corrected chi connectivity index (χ0v) is 15.1. The molecule has 118 valence electrons. The minimum absolute atomic E-state index is 0.660. The first-order chi connectivity index (χ1) is 11.2. The van der Waals surface area contributed by atoms with E-state index in [1.807, 2.05) is 31.2 Å². The molecule has 0 fully saturated rings. The molecule has 0 aliphatic carbocycles. The van der Waals surface area contributed by atoms with Gasteiger partial charge < -0.3 is 4.42 Å². The summed E-state index contributed by atoms with van der Waals surface area (Å²) >= 11 is 5.16. The van der Waals surface area contributed by atoms with E-state index >= 15 is 0 Å². The van der Waals surface area contributed by atoms with E-state index in [2.05, 4.69) is 49.4 Å². The van der Waals surface area contributed by atoms with Crippen molar-refractivity contribution in [1.29, 1.82) is 0 Å². The standard InChI is InChI=1S/C17H16BrN3OS/c1-3-8-21-16(15-7-9-22-12(15)2)19-20-17(21)23-11-13-5-4-6-14(18)10-13/h3-7,9-10H,1,8,11H2,2H3. The Balaban J connectivity index is 1.86. The number of halogens is 1. The van der Waals surface area contributed by atoms with Crippen LogP contribution in [0.15, 0.2) is 63.3 Å². The van der Waals surface area contributed by atoms with Crippen LogP contribution in [-0.4, -0.2) is 14.8 Å². The van der Waals surface area contributed by atoms with E-state index in [9.17, 15) is 0 Å². The number of nitrogens with zero attached hydrogens (tertiary/aromatic N) is 3. The Morgan fingerprint density at radius 3 is 2.91 bits per heavy atom. The molecule has 0 atom stereocenters. The van der Waals surface area contributed by atoms with Crippen LogP contribution in [0.2, 0.25) is 0 Å². The number of benzene rings is 1. The number of thioether (sulfide) groups is 1. The second-order valence-corrected chi connectivity index (χ2v) is 6.87. The molecule has 0 N–H and O–H groups in total. The molecule has 0 saturated heterocycles. The molecule has 0 aliphatic rings. The van der Waals surface area contributed by atoms with Gasteiger partial charge in [0, 0.05) is 16.8 Å². The molecule has 2 heterocycles. The summed E-state index contributed by atoms with van der Waals surface area (Å²) in [6.45, 7) is 6.42. The van der Waals surface area contributed by atoms with Gasteiger partial charge in [0.05, 0.1) is 11.8 Å². The summed E-state index contributed by atoms with van der Waals surface area (Å²) in [4.78, 5) is 0. The van der Waals surface area contributed by atoms with Crippen molar-refractivity contribution in [3.63, 3.8) is 0 Å². The van der Waals surface area contributed by atoms with Gasteiger partial charge in [0.15, 0.2) is 11.0 Å². The van der Waals surface area contributed by atoms with Gasteiger partial charge in [0.2, 0.25) is 0 Å². The first kappa shape index (κ1) is 16.1. The smallest absolute Gasteiger partial charge is 0.192 e. The molecule has 0 saturated carbocycles. The maximum absolute atomic E-state index is 5.38. The quantitative estimate of drug-likeness (QED) is 0.435. The van der Waals surface area contributed by atoms with Crippen molar-refractivity contribution in [2.75, 3.05) is 0 Å². The van der Waals surface area contributed by atoms with Gasteiger partial charge in [-0.2, -0.15) is 0 Å². The molecule has 0 spiro atoms. The zero-order valence-electron chi connectivity index (χ0n) is 12.7. The van der Waals surface area contributed by atoms with Gasteiger partial charge in [-0.3, -0.25) is 4.57 Å². The van der Waals surface area contributed by atoms with Gasteiger partial charge in [-0.15, -0.1) is 16.8 Å². The van der Waals surface area contributed by atoms with Gasteiger partial charge in [-0.05, 0) is 30.7 Å². The molecule has 23 heavy (non-hydrogen) atoms. The summed E-state index contributed by atoms with van der Waals surface area (Å²) < 4.78 is 8.53. The second kappa shape index (κ2) is 7.19. The largest absolute Gasteiger partial charge is 0.469 e. The fourth-order valence-electron chi connectivity index (χ4n) is 2.28. The molecule has 2 aromatic heterocycles. The predicted molar refractivity (Wildman–Crippen MR) is 96.4 cm³/mol. The average molecular weight is 390 g/mol. The number of aryl methyl sites for hydroxylation is 1. The lowest BCUT2D eigenvalue weighted by molar-refractivity contribution is 0.534. The molecule has 3 rings (SSSR count). The normalized spacial score (nSPS) is 10.9. The van der Waals surface area contributed by atoms with Crippen LogP contribution in [0.1, 0.15) is 11.3 Å². The van der Waals surface area contributed by atoms with E-state index in [1.165, 1.54) is 5.56 Å². The average Bonchev–Trinajstić information content (AvgIpc) is 3.12.